The number of nitrogen functional groups attached to an aromatic ring is 1. The van der Waals surface area contributed by atoms with E-state index in [4.69, 9.17) is 17.2 Å². The van der Waals surface area contributed by atoms with Crippen molar-refractivity contribution in [3.63, 3.8) is 0 Å². The summed E-state index contributed by atoms with van der Waals surface area (Å²) in [5, 5.41) is 0. The van der Waals surface area contributed by atoms with Crippen LogP contribution in [0.25, 0.3) is 0 Å². The number of hydrogen-bond acceptors (Lipinski definition) is 3. The molecule has 0 aromatic heterocycles. The first-order valence-corrected chi connectivity index (χ1v) is 3.97. The normalized spacial score (nSPS) is 12.9. The molecule has 0 aliphatic carbocycles. The van der Waals surface area contributed by atoms with Gasteiger partial charge >= 0.3 is 0 Å². The van der Waals surface area contributed by atoms with Gasteiger partial charge in [-0.2, -0.15) is 0 Å². The molecule has 3 heteroatoms. The van der Waals surface area contributed by atoms with Crippen molar-refractivity contribution in [3.05, 3.63) is 29.3 Å². The van der Waals surface area contributed by atoms with Crippen LogP contribution in [0.4, 0.5) is 5.69 Å². The van der Waals surface area contributed by atoms with Crippen molar-refractivity contribution in [1.82, 2.24) is 0 Å². The van der Waals surface area contributed by atoms with Gasteiger partial charge in [-0.15, -0.1) is 0 Å². The molecule has 0 saturated carbocycles. The fourth-order valence-electron chi connectivity index (χ4n) is 1.24. The van der Waals surface area contributed by atoms with Crippen LogP contribution in [0.2, 0.25) is 0 Å². The first-order valence-electron chi connectivity index (χ1n) is 3.97. The lowest BCUT2D eigenvalue weighted by Gasteiger charge is -2.12. The van der Waals surface area contributed by atoms with E-state index in [9.17, 15) is 0 Å². The molecule has 0 bridgehead atoms. The average Bonchev–Trinajstić information content (AvgIpc) is 2.03. The maximum Gasteiger partial charge on any atom is 0.0422 e. The van der Waals surface area contributed by atoms with E-state index >= 15 is 0 Å². The van der Waals surface area contributed by atoms with Crippen LogP contribution >= 0.6 is 0 Å². The Kier molecular flexibility index (Phi) is 2.68. The summed E-state index contributed by atoms with van der Waals surface area (Å²) < 4.78 is 0. The van der Waals surface area contributed by atoms with E-state index in [1.807, 2.05) is 25.1 Å². The van der Waals surface area contributed by atoms with Crippen LogP contribution in [0.15, 0.2) is 18.2 Å². The largest absolute Gasteiger partial charge is 0.399 e. The second-order valence-corrected chi connectivity index (χ2v) is 2.96. The van der Waals surface area contributed by atoms with Crippen molar-refractivity contribution >= 4 is 5.69 Å². The molecule has 0 fully saturated rings. The molecule has 1 unspecified atom stereocenters. The number of anilines is 1. The highest BCUT2D eigenvalue weighted by Crippen LogP contribution is 2.17. The van der Waals surface area contributed by atoms with E-state index < -0.39 is 0 Å². The Bertz CT molecular complexity index is 270. The number of aryl methyl sites for hydroxylation is 1. The molecule has 0 heterocycles. The highest BCUT2D eigenvalue weighted by Gasteiger charge is 2.05. The minimum atomic E-state index is -0.0781. The molecule has 0 saturated heterocycles. The fraction of sp³-hybridized carbons (Fsp3) is 0.333. The van der Waals surface area contributed by atoms with Gasteiger partial charge < -0.3 is 17.2 Å². The third-order valence-corrected chi connectivity index (χ3v) is 1.95. The molecular formula is C9H15N3. The van der Waals surface area contributed by atoms with E-state index in [0.29, 0.717) is 6.54 Å². The lowest BCUT2D eigenvalue weighted by atomic mass is 10.0. The van der Waals surface area contributed by atoms with Gasteiger partial charge in [0.25, 0.3) is 0 Å². The number of hydrogen-bond donors (Lipinski definition) is 3. The van der Waals surface area contributed by atoms with Crippen LogP contribution in [-0.4, -0.2) is 6.54 Å². The lowest BCUT2D eigenvalue weighted by molar-refractivity contribution is 0.732. The molecule has 0 amide bonds. The molecule has 3 nitrogen and oxygen atoms in total. The Morgan fingerprint density at radius 2 is 2.08 bits per heavy atom. The second-order valence-electron chi connectivity index (χ2n) is 2.96. The third-order valence-electron chi connectivity index (χ3n) is 1.95. The second kappa shape index (κ2) is 3.56. The molecule has 1 rings (SSSR count). The summed E-state index contributed by atoms with van der Waals surface area (Å²) in [6, 6.07) is 5.61. The molecule has 6 N–H and O–H groups in total. The molecule has 12 heavy (non-hydrogen) atoms. The van der Waals surface area contributed by atoms with Gasteiger partial charge in [-0.05, 0) is 30.2 Å². The monoisotopic (exact) mass is 165 g/mol. The summed E-state index contributed by atoms with van der Waals surface area (Å²) in [6.45, 7) is 2.45. The van der Waals surface area contributed by atoms with Crippen molar-refractivity contribution in [2.45, 2.75) is 13.0 Å². The topological polar surface area (TPSA) is 78.1 Å². The summed E-state index contributed by atoms with van der Waals surface area (Å²) in [5.41, 5.74) is 19.8. The summed E-state index contributed by atoms with van der Waals surface area (Å²) in [7, 11) is 0. The highest BCUT2D eigenvalue weighted by molar-refractivity contribution is 5.45. The van der Waals surface area contributed by atoms with E-state index in [-0.39, 0.29) is 6.04 Å². The van der Waals surface area contributed by atoms with Crippen LogP contribution in [0.5, 0.6) is 0 Å². The molecular weight excluding hydrogens is 150 g/mol. The van der Waals surface area contributed by atoms with Gasteiger partial charge in [0.2, 0.25) is 0 Å². The highest BCUT2D eigenvalue weighted by atomic mass is 14.7. The Labute approximate surface area is 72.5 Å². The number of benzene rings is 1. The lowest BCUT2D eigenvalue weighted by Crippen LogP contribution is -2.21. The van der Waals surface area contributed by atoms with Crippen molar-refractivity contribution in [1.29, 1.82) is 0 Å². The van der Waals surface area contributed by atoms with E-state index in [1.54, 1.807) is 0 Å². The Morgan fingerprint density at radius 3 is 2.58 bits per heavy atom. The number of rotatable bonds is 2. The number of nitrogens with two attached hydrogens (primary N) is 3. The van der Waals surface area contributed by atoms with Gasteiger partial charge in [-0.1, -0.05) is 6.07 Å². The van der Waals surface area contributed by atoms with Gasteiger partial charge in [0.1, 0.15) is 0 Å². The van der Waals surface area contributed by atoms with E-state index in [0.717, 1.165) is 16.8 Å². The van der Waals surface area contributed by atoms with Gasteiger partial charge in [0.05, 0.1) is 0 Å². The minimum absolute atomic E-state index is 0.0781. The molecule has 0 spiro atoms. The maximum atomic E-state index is 5.78. The molecule has 0 radical (unpaired) electrons. The predicted molar refractivity (Wildman–Crippen MR) is 51.6 cm³/mol. The van der Waals surface area contributed by atoms with E-state index in [1.165, 1.54) is 0 Å². The van der Waals surface area contributed by atoms with Crippen molar-refractivity contribution in [2.75, 3.05) is 12.3 Å². The SMILES string of the molecule is Cc1cc(N)ccc1C(N)CN. The quantitative estimate of drug-likeness (QED) is 0.559. The van der Waals surface area contributed by atoms with Crippen LogP contribution in [0, 0.1) is 6.92 Å². The summed E-state index contributed by atoms with van der Waals surface area (Å²) >= 11 is 0. The minimum Gasteiger partial charge on any atom is -0.399 e. The molecule has 1 aromatic rings. The first kappa shape index (κ1) is 9.03. The zero-order valence-electron chi connectivity index (χ0n) is 7.25. The van der Waals surface area contributed by atoms with Crippen molar-refractivity contribution in [3.8, 4) is 0 Å². The first-order chi connectivity index (χ1) is 5.65. The third kappa shape index (κ3) is 1.75. The van der Waals surface area contributed by atoms with Crippen LogP contribution in [0.1, 0.15) is 17.2 Å². The standard InChI is InChI=1S/C9H15N3/c1-6-4-7(11)2-3-8(6)9(12)5-10/h2-4,9H,5,10-12H2,1H3. The Morgan fingerprint density at radius 1 is 1.42 bits per heavy atom. The van der Waals surface area contributed by atoms with Crippen molar-refractivity contribution < 1.29 is 0 Å². The average molecular weight is 165 g/mol. The molecule has 66 valence electrons. The van der Waals surface area contributed by atoms with Crippen LogP contribution < -0.4 is 17.2 Å². The summed E-state index contributed by atoms with van der Waals surface area (Å²) in [4.78, 5) is 0. The zero-order valence-corrected chi connectivity index (χ0v) is 7.25. The Hall–Kier alpha value is -1.06. The Balaban J connectivity index is 3.01. The van der Waals surface area contributed by atoms with Crippen LogP contribution in [-0.2, 0) is 0 Å². The predicted octanol–water partition coefficient (Wildman–Crippen LogP) is 0.536. The van der Waals surface area contributed by atoms with Gasteiger partial charge in [0, 0.05) is 18.3 Å². The van der Waals surface area contributed by atoms with Crippen LogP contribution in [0.3, 0.4) is 0 Å². The van der Waals surface area contributed by atoms with Crippen molar-refractivity contribution in [2.24, 2.45) is 11.5 Å². The van der Waals surface area contributed by atoms with Gasteiger partial charge in [-0.3, -0.25) is 0 Å². The van der Waals surface area contributed by atoms with E-state index in [2.05, 4.69) is 0 Å². The zero-order chi connectivity index (χ0) is 9.14. The summed E-state index contributed by atoms with van der Waals surface area (Å²) in [6.07, 6.45) is 0. The molecule has 0 aliphatic heterocycles. The van der Waals surface area contributed by atoms with Gasteiger partial charge in [-0.25, -0.2) is 0 Å². The molecule has 0 aliphatic rings. The van der Waals surface area contributed by atoms with Gasteiger partial charge in [0.15, 0.2) is 0 Å². The molecule has 1 atom stereocenters. The molecule has 1 aromatic carbocycles. The summed E-state index contributed by atoms with van der Waals surface area (Å²) in [5.74, 6) is 0. The maximum absolute atomic E-state index is 5.78. The fourth-order valence-corrected chi connectivity index (χ4v) is 1.24. The smallest absolute Gasteiger partial charge is 0.0422 e.